The lowest BCUT2D eigenvalue weighted by Crippen LogP contribution is -2.16. The molecule has 2 heterocycles. The van der Waals surface area contributed by atoms with Crippen molar-refractivity contribution in [2.24, 2.45) is 0 Å². The van der Waals surface area contributed by atoms with Crippen LogP contribution < -0.4 is 20.3 Å². The highest BCUT2D eigenvalue weighted by atomic mass is 16.5. The second kappa shape index (κ2) is 8.93. The Labute approximate surface area is 185 Å². The minimum Gasteiger partial charge on any atom is -0.497 e. The summed E-state index contributed by atoms with van der Waals surface area (Å²) in [6.07, 6.45) is 1.71. The van der Waals surface area contributed by atoms with Gasteiger partial charge in [0, 0.05) is 29.6 Å². The molecule has 0 spiro atoms. The van der Waals surface area contributed by atoms with Crippen LogP contribution in [0.1, 0.15) is 27.2 Å². The summed E-state index contributed by atoms with van der Waals surface area (Å²) >= 11 is 0. The van der Waals surface area contributed by atoms with Gasteiger partial charge in [0.05, 0.1) is 12.8 Å². The molecule has 0 atom stereocenters. The van der Waals surface area contributed by atoms with Crippen LogP contribution in [-0.4, -0.2) is 22.4 Å². The quantitative estimate of drug-likeness (QED) is 0.498. The fourth-order valence-electron chi connectivity index (χ4n) is 3.26. The zero-order valence-electron chi connectivity index (χ0n) is 18.1. The number of methoxy groups -OCH3 is 1. The lowest BCUT2D eigenvalue weighted by atomic mass is 10.1. The van der Waals surface area contributed by atoms with Crippen LogP contribution in [0.4, 0.5) is 5.69 Å². The normalized spacial score (nSPS) is 10.7. The van der Waals surface area contributed by atoms with Crippen LogP contribution in [0.5, 0.6) is 11.5 Å². The fourth-order valence-corrected chi connectivity index (χ4v) is 3.26. The monoisotopic (exact) mass is 429 g/mol. The van der Waals surface area contributed by atoms with Gasteiger partial charge in [0.25, 0.3) is 11.5 Å². The summed E-state index contributed by atoms with van der Waals surface area (Å²) in [6, 6.07) is 17.5. The predicted molar refractivity (Wildman–Crippen MR) is 123 cm³/mol. The van der Waals surface area contributed by atoms with Crippen molar-refractivity contribution < 1.29 is 14.3 Å². The molecule has 0 aliphatic rings. The van der Waals surface area contributed by atoms with E-state index < -0.39 is 0 Å². The number of hydrogen-bond donors (Lipinski definition) is 1. The molecule has 0 saturated heterocycles. The van der Waals surface area contributed by atoms with Crippen molar-refractivity contribution in [2.75, 3.05) is 12.4 Å². The minimum absolute atomic E-state index is 0.135. The lowest BCUT2D eigenvalue weighted by Gasteiger charge is -2.12. The smallest absolute Gasteiger partial charge is 0.258 e. The van der Waals surface area contributed by atoms with Gasteiger partial charge >= 0.3 is 0 Å². The maximum atomic E-state index is 12.5. The first-order chi connectivity index (χ1) is 15.4. The zero-order chi connectivity index (χ0) is 22.7. The van der Waals surface area contributed by atoms with Gasteiger partial charge in [0.1, 0.15) is 23.8 Å². The van der Waals surface area contributed by atoms with Gasteiger partial charge in [-0.1, -0.05) is 6.07 Å². The maximum absolute atomic E-state index is 12.5. The summed E-state index contributed by atoms with van der Waals surface area (Å²) in [4.78, 5) is 29.4. The largest absolute Gasteiger partial charge is 0.497 e. The Morgan fingerprint density at radius 1 is 1.03 bits per heavy atom. The number of ether oxygens (including phenoxy) is 2. The van der Waals surface area contributed by atoms with E-state index in [2.05, 4.69) is 10.3 Å². The van der Waals surface area contributed by atoms with Gasteiger partial charge in [-0.15, -0.1) is 0 Å². The number of nitrogens with one attached hydrogen (secondary N) is 1. The van der Waals surface area contributed by atoms with Crippen LogP contribution in [0.15, 0.2) is 71.7 Å². The summed E-state index contributed by atoms with van der Waals surface area (Å²) in [5.41, 5.74) is 4.00. The van der Waals surface area contributed by atoms with E-state index in [1.54, 1.807) is 43.6 Å². The Bertz CT molecular complexity index is 1340. The van der Waals surface area contributed by atoms with Gasteiger partial charge < -0.3 is 14.8 Å². The molecule has 4 rings (SSSR count). The van der Waals surface area contributed by atoms with Gasteiger partial charge in [-0.25, -0.2) is 4.98 Å². The molecule has 32 heavy (non-hydrogen) atoms. The zero-order valence-corrected chi connectivity index (χ0v) is 18.1. The molecular weight excluding hydrogens is 406 g/mol. The van der Waals surface area contributed by atoms with E-state index in [0.717, 1.165) is 11.1 Å². The summed E-state index contributed by atoms with van der Waals surface area (Å²) in [5.74, 6) is 1.05. The topological polar surface area (TPSA) is 81.9 Å². The number of benzene rings is 2. The van der Waals surface area contributed by atoms with E-state index in [1.807, 2.05) is 38.1 Å². The number of aromatic nitrogens is 2. The first kappa shape index (κ1) is 21.1. The van der Waals surface area contributed by atoms with Crippen LogP contribution in [0.3, 0.4) is 0 Å². The fraction of sp³-hybridized carbons (Fsp3) is 0.160. The Hall–Kier alpha value is -4.13. The van der Waals surface area contributed by atoms with Gasteiger partial charge in [-0.3, -0.25) is 14.0 Å². The second-order valence-corrected chi connectivity index (χ2v) is 7.47. The molecule has 4 aromatic rings. The van der Waals surface area contributed by atoms with E-state index in [4.69, 9.17) is 9.47 Å². The molecule has 1 N–H and O–H groups in total. The first-order valence-corrected chi connectivity index (χ1v) is 10.1. The SMILES string of the molecule is COc1ccc(C(=O)Nc2ccc(C)c(OCc3cc(=O)n4ccc(C)cc4n3)c2)cc1. The average Bonchev–Trinajstić information content (AvgIpc) is 2.79. The Morgan fingerprint density at radius 2 is 1.81 bits per heavy atom. The van der Waals surface area contributed by atoms with Crippen molar-refractivity contribution >= 4 is 17.2 Å². The first-order valence-electron chi connectivity index (χ1n) is 10.1. The molecular formula is C25H23N3O4. The number of pyridine rings is 1. The number of carbonyl (C=O) groups is 1. The summed E-state index contributed by atoms with van der Waals surface area (Å²) in [5, 5.41) is 2.87. The number of hydrogen-bond acceptors (Lipinski definition) is 5. The van der Waals surface area contributed by atoms with Crippen LogP contribution >= 0.6 is 0 Å². The molecule has 0 saturated carbocycles. The van der Waals surface area contributed by atoms with Crippen molar-refractivity contribution in [2.45, 2.75) is 20.5 Å². The third-order valence-corrected chi connectivity index (χ3v) is 5.05. The van der Waals surface area contributed by atoms with Gasteiger partial charge in [0.2, 0.25) is 0 Å². The molecule has 0 aliphatic heterocycles. The molecule has 0 bridgehead atoms. The minimum atomic E-state index is -0.234. The molecule has 0 radical (unpaired) electrons. The van der Waals surface area contributed by atoms with Gasteiger partial charge in [-0.2, -0.15) is 0 Å². The highest BCUT2D eigenvalue weighted by Crippen LogP contribution is 2.24. The van der Waals surface area contributed by atoms with Crippen LogP contribution in [0, 0.1) is 13.8 Å². The number of nitrogens with zero attached hydrogens (tertiary/aromatic N) is 2. The van der Waals surface area contributed by atoms with Crippen LogP contribution in [-0.2, 0) is 6.61 Å². The van der Waals surface area contributed by atoms with Gasteiger partial charge in [-0.05, 0) is 67.4 Å². The average molecular weight is 429 g/mol. The molecule has 2 aromatic heterocycles. The van der Waals surface area contributed by atoms with E-state index >= 15 is 0 Å². The summed E-state index contributed by atoms with van der Waals surface area (Å²) in [6.45, 7) is 4.00. The summed E-state index contributed by atoms with van der Waals surface area (Å²) < 4.78 is 12.6. The third kappa shape index (κ3) is 4.62. The Balaban J connectivity index is 1.50. The molecule has 1 amide bonds. The number of amides is 1. The predicted octanol–water partition coefficient (Wildman–Crippen LogP) is 4.15. The molecule has 7 nitrogen and oxygen atoms in total. The number of fused-ring (bicyclic) bond motifs is 1. The van der Waals surface area contributed by atoms with E-state index in [1.165, 1.54) is 10.5 Å². The van der Waals surface area contributed by atoms with Crippen molar-refractivity contribution in [3.63, 3.8) is 0 Å². The molecule has 7 heteroatoms. The van der Waals surface area contributed by atoms with E-state index in [-0.39, 0.29) is 18.1 Å². The highest BCUT2D eigenvalue weighted by molar-refractivity contribution is 6.04. The second-order valence-electron chi connectivity index (χ2n) is 7.47. The Kier molecular flexibility index (Phi) is 5.89. The number of rotatable bonds is 6. The third-order valence-electron chi connectivity index (χ3n) is 5.05. The molecule has 2 aromatic carbocycles. The lowest BCUT2D eigenvalue weighted by molar-refractivity contribution is 0.102. The highest BCUT2D eigenvalue weighted by Gasteiger charge is 2.10. The van der Waals surface area contributed by atoms with Crippen molar-refractivity contribution in [1.82, 2.24) is 9.38 Å². The van der Waals surface area contributed by atoms with Gasteiger partial charge in [0.15, 0.2) is 0 Å². The molecule has 0 fully saturated rings. The number of carbonyl (C=O) groups excluding carboxylic acids is 1. The number of aryl methyl sites for hydroxylation is 2. The van der Waals surface area contributed by atoms with E-state index in [9.17, 15) is 9.59 Å². The van der Waals surface area contributed by atoms with Crippen molar-refractivity contribution in [3.05, 3.63) is 99.6 Å². The standard InChI is InChI=1S/C25H23N3O4/c1-16-10-11-28-23(12-16)26-20(14-24(28)29)15-32-22-13-19(7-4-17(22)2)27-25(30)18-5-8-21(31-3)9-6-18/h4-14H,15H2,1-3H3,(H,27,30). The molecule has 0 aliphatic carbocycles. The molecule has 162 valence electrons. The van der Waals surface area contributed by atoms with Crippen molar-refractivity contribution in [1.29, 1.82) is 0 Å². The Morgan fingerprint density at radius 3 is 2.56 bits per heavy atom. The van der Waals surface area contributed by atoms with E-state index in [0.29, 0.717) is 34.1 Å². The maximum Gasteiger partial charge on any atom is 0.258 e. The molecule has 0 unspecified atom stereocenters. The number of anilines is 1. The summed E-state index contributed by atoms with van der Waals surface area (Å²) in [7, 11) is 1.58. The van der Waals surface area contributed by atoms with Crippen LogP contribution in [0.2, 0.25) is 0 Å². The van der Waals surface area contributed by atoms with Crippen molar-refractivity contribution in [3.8, 4) is 11.5 Å². The van der Waals surface area contributed by atoms with Crippen LogP contribution in [0.25, 0.3) is 5.65 Å².